The Morgan fingerprint density at radius 1 is 0.967 bits per heavy atom. The van der Waals surface area contributed by atoms with Gasteiger partial charge in [0.25, 0.3) is 0 Å². The lowest BCUT2D eigenvalue weighted by Gasteiger charge is -2.18. The van der Waals surface area contributed by atoms with E-state index in [2.05, 4.69) is 5.32 Å². The van der Waals surface area contributed by atoms with Crippen LogP contribution in [0.25, 0.3) is 0 Å². The molecule has 156 valence electrons. The number of halogens is 2. The first-order valence-corrected chi connectivity index (χ1v) is 9.66. The molecule has 4 nitrogen and oxygen atoms in total. The Labute approximate surface area is 174 Å². The van der Waals surface area contributed by atoms with Crippen molar-refractivity contribution in [3.8, 4) is 5.75 Å². The molecular formula is C24H23F2NO3. The topological polar surface area (TPSA) is 47.6 Å². The van der Waals surface area contributed by atoms with Crippen LogP contribution >= 0.6 is 0 Å². The number of carbonyl (C=O) groups excluding carboxylic acids is 1. The molecule has 1 N–H and O–H groups in total. The molecule has 0 aliphatic carbocycles. The maximum absolute atomic E-state index is 14.4. The van der Waals surface area contributed by atoms with Gasteiger partial charge in [0.1, 0.15) is 17.4 Å². The van der Waals surface area contributed by atoms with Gasteiger partial charge in [-0.25, -0.2) is 13.6 Å². The van der Waals surface area contributed by atoms with E-state index in [-0.39, 0.29) is 11.5 Å². The number of benzene rings is 3. The summed E-state index contributed by atoms with van der Waals surface area (Å²) in [6.07, 6.45) is -0.724. The highest BCUT2D eigenvalue weighted by molar-refractivity contribution is 5.84. The summed E-state index contributed by atoms with van der Waals surface area (Å²) in [5.41, 5.74) is 2.66. The highest BCUT2D eigenvalue weighted by Crippen LogP contribution is 2.20. The molecule has 0 radical (unpaired) electrons. The second-order valence-corrected chi connectivity index (χ2v) is 6.92. The van der Waals surface area contributed by atoms with Gasteiger partial charge in [0.05, 0.1) is 5.69 Å². The van der Waals surface area contributed by atoms with Crippen molar-refractivity contribution in [2.45, 2.75) is 33.0 Å². The van der Waals surface area contributed by atoms with Gasteiger partial charge in [-0.3, -0.25) is 5.32 Å². The first-order chi connectivity index (χ1) is 14.4. The molecule has 1 amide bonds. The molecule has 0 saturated carbocycles. The van der Waals surface area contributed by atoms with Gasteiger partial charge in [-0.05, 0) is 60.9 Å². The Bertz CT molecular complexity index is 988. The van der Waals surface area contributed by atoms with Crippen molar-refractivity contribution >= 4 is 11.8 Å². The van der Waals surface area contributed by atoms with E-state index in [0.717, 1.165) is 11.1 Å². The molecule has 0 unspecified atom stereocenters. The molecule has 30 heavy (non-hydrogen) atoms. The predicted molar refractivity (Wildman–Crippen MR) is 112 cm³/mol. The van der Waals surface area contributed by atoms with Crippen LogP contribution in [0.15, 0.2) is 66.7 Å². The maximum Gasteiger partial charge on any atom is 0.414 e. The lowest BCUT2D eigenvalue weighted by molar-refractivity contribution is -0.0282. The Kier molecular flexibility index (Phi) is 7.01. The van der Waals surface area contributed by atoms with E-state index < -0.39 is 18.2 Å². The number of amides is 1. The molecule has 0 aliphatic rings. The maximum atomic E-state index is 14.4. The largest absolute Gasteiger partial charge is 0.455 e. The van der Waals surface area contributed by atoms with E-state index in [0.29, 0.717) is 24.2 Å². The first-order valence-electron chi connectivity index (χ1n) is 9.66. The van der Waals surface area contributed by atoms with Crippen molar-refractivity contribution in [1.82, 2.24) is 0 Å². The minimum absolute atomic E-state index is 0.00745. The van der Waals surface area contributed by atoms with Gasteiger partial charge in [0.2, 0.25) is 6.29 Å². The molecule has 0 saturated heterocycles. The van der Waals surface area contributed by atoms with E-state index in [4.69, 9.17) is 9.47 Å². The average molecular weight is 411 g/mol. The van der Waals surface area contributed by atoms with Crippen molar-refractivity contribution in [1.29, 1.82) is 0 Å². The van der Waals surface area contributed by atoms with Crippen molar-refractivity contribution in [3.63, 3.8) is 0 Å². The molecule has 0 fully saturated rings. The fourth-order valence-electron chi connectivity index (χ4n) is 2.83. The number of anilines is 1. The molecule has 0 heterocycles. The second-order valence-electron chi connectivity index (χ2n) is 6.92. The molecule has 0 aromatic heterocycles. The van der Waals surface area contributed by atoms with Crippen LogP contribution in [0.4, 0.5) is 19.3 Å². The fourth-order valence-corrected chi connectivity index (χ4v) is 2.83. The summed E-state index contributed by atoms with van der Waals surface area (Å²) < 4.78 is 38.3. The molecule has 3 aromatic rings. The number of ether oxygens (including phenoxy) is 2. The molecular weight excluding hydrogens is 388 g/mol. The molecule has 1 atom stereocenters. The zero-order valence-electron chi connectivity index (χ0n) is 16.8. The van der Waals surface area contributed by atoms with Gasteiger partial charge in [-0.15, -0.1) is 0 Å². The van der Waals surface area contributed by atoms with Gasteiger partial charge in [-0.1, -0.05) is 42.8 Å². The lowest BCUT2D eigenvalue weighted by Crippen LogP contribution is -2.26. The molecule has 3 aromatic carbocycles. The number of carbonyl (C=O) groups is 1. The van der Waals surface area contributed by atoms with Gasteiger partial charge < -0.3 is 9.47 Å². The highest BCUT2D eigenvalue weighted by Gasteiger charge is 2.16. The summed E-state index contributed by atoms with van der Waals surface area (Å²) in [5.74, 6) is -0.324. The van der Waals surface area contributed by atoms with Crippen molar-refractivity contribution in [2.75, 3.05) is 5.32 Å². The Hall–Kier alpha value is -3.41. The van der Waals surface area contributed by atoms with Crippen LogP contribution < -0.4 is 10.1 Å². The normalized spacial score (nSPS) is 11.6. The van der Waals surface area contributed by atoms with Crippen LogP contribution in [0.1, 0.15) is 30.0 Å². The summed E-state index contributed by atoms with van der Waals surface area (Å²) in [6.45, 7) is 3.78. The minimum Gasteiger partial charge on any atom is -0.455 e. The SMILES string of the molecule is CC[C@@H](OC(=O)Nc1ccc(Cc2ccc(F)cc2)cc1F)Oc1ccc(C)cc1. The summed E-state index contributed by atoms with van der Waals surface area (Å²) in [7, 11) is 0. The van der Waals surface area contributed by atoms with Crippen LogP contribution in [-0.4, -0.2) is 12.4 Å². The van der Waals surface area contributed by atoms with Crippen molar-refractivity contribution in [3.05, 3.63) is 95.1 Å². The average Bonchev–Trinajstić information content (AvgIpc) is 2.73. The third-order valence-corrected chi connectivity index (χ3v) is 4.45. The van der Waals surface area contributed by atoms with Crippen LogP contribution in [0, 0.1) is 18.6 Å². The van der Waals surface area contributed by atoms with Crippen molar-refractivity contribution in [2.24, 2.45) is 0 Å². The van der Waals surface area contributed by atoms with Gasteiger partial charge in [0, 0.05) is 6.42 Å². The third-order valence-electron chi connectivity index (χ3n) is 4.45. The summed E-state index contributed by atoms with van der Waals surface area (Å²) in [4.78, 5) is 12.2. The summed E-state index contributed by atoms with van der Waals surface area (Å²) in [6, 6.07) is 17.9. The van der Waals surface area contributed by atoms with E-state index in [9.17, 15) is 13.6 Å². The Balaban J connectivity index is 1.58. The second kappa shape index (κ2) is 9.87. The summed E-state index contributed by atoms with van der Waals surface area (Å²) in [5, 5.41) is 2.40. The highest BCUT2D eigenvalue weighted by atomic mass is 19.1. The van der Waals surface area contributed by atoms with Gasteiger partial charge >= 0.3 is 6.09 Å². The van der Waals surface area contributed by atoms with E-state index in [1.165, 1.54) is 24.3 Å². The number of aryl methyl sites for hydroxylation is 1. The molecule has 0 bridgehead atoms. The Morgan fingerprint density at radius 3 is 2.27 bits per heavy atom. The quantitative estimate of drug-likeness (QED) is 0.469. The smallest absolute Gasteiger partial charge is 0.414 e. The predicted octanol–water partition coefficient (Wildman–Crippen LogP) is 6.23. The van der Waals surface area contributed by atoms with Crippen LogP contribution in [0.3, 0.4) is 0 Å². The zero-order valence-corrected chi connectivity index (χ0v) is 16.8. The Morgan fingerprint density at radius 2 is 1.63 bits per heavy atom. The minimum atomic E-state index is -0.806. The first kappa shape index (κ1) is 21.3. The van der Waals surface area contributed by atoms with E-state index >= 15 is 0 Å². The van der Waals surface area contributed by atoms with E-state index in [1.807, 2.05) is 26.0 Å². The lowest BCUT2D eigenvalue weighted by atomic mass is 10.0. The number of nitrogens with one attached hydrogen (secondary N) is 1. The molecule has 0 spiro atoms. The van der Waals surface area contributed by atoms with Crippen LogP contribution in [0.5, 0.6) is 5.75 Å². The number of hydrogen-bond acceptors (Lipinski definition) is 3. The summed E-state index contributed by atoms with van der Waals surface area (Å²) >= 11 is 0. The van der Waals surface area contributed by atoms with Crippen molar-refractivity contribution < 1.29 is 23.0 Å². The molecule has 6 heteroatoms. The molecule has 3 rings (SSSR count). The standard InChI is InChI=1S/C24H23F2NO3/c1-3-23(29-20-11-4-16(2)5-12-20)30-24(28)27-22-13-8-18(15-21(22)26)14-17-6-9-19(25)10-7-17/h4-13,15,23H,3,14H2,1-2H3,(H,27,28)/t23-/m1/s1. The zero-order chi connectivity index (χ0) is 21.5. The van der Waals surface area contributed by atoms with Gasteiger partial charge in [-0.2, -0.15) is 0 Å². The third kappa shape index (κ3) is 6.04. The van der Waals surface area contributed by atoms with E-state index in [1.54, 1.807) is 30.3 Å². The molecule has 0 aliphatic heterocycles. The monoisotopic (exact) mass is 411 g/mol. The van der Waals surface area contributed by atoms with Crippen LogP contribution in [0.2, 0.25) is 0 Å². The van der Waals surface area contributed by atoms with Gasteiger partial charge in [0.15, 0.2) is 0 Å². The fraction of sp³-hybridized carbons (Fsp3) is 0.208. The number of rotatable bonds is 7. The van der Waals surface area contributed by atoms with Crippen LogP contribution in [-0.2, 0) is 11.2 Å². The number of hydrogen-bond donors (Lipinski definition) is 1.